The van der Waals surface area contributed by atoms with E-state index < -0.39 is 5.97 Å². The molecule has 0 aromatic heterocycles. The molecule has 1 aliphatic rings. The van der Waals surface area contributed by atoms with Crippen LogP contribution in [0.2, 0.25) is 5.02 Å². The van der Waals surface area contributed by atoms with E-state index in [0.29, 0.717) is 37.7 Å². The van der Waals surface area contributed by atoms with Crippen LogP contribution in [-0.4, -0.2) is 45.4 Å². The van der Waals surface area contributed by atoms with Gasteiger partial charge in [-0.1, -0.05) is 23.7 Å². The molecule has 2 aromatic rings. The molecule has 0 bridgehead atoms. The third kappa shape index (κ3) is 5.07. The van der Waals surface area contributed by atoms with E-state index >= 15 is 0 Å². The summed E-state index contributed by atoms with van der Waals surface area (Å²) in [6, 6.07) is 10.5. The molecule has 0 atom stereocenters. The third-order valence-corrected chi connectivity index (χ3v) is 4.34. The Morgan fingerprint density at radius 1 is 1.14 bits per heavy atom. The smallest absolute Gasteiger partial charge is 0.338 e. The van der Waals surface area contributed by atoms with Gasteiger partial charge in [0.1, 0.15) is 19.0 Å². The summed E-state index contributed by atoms with van der Waals surface area (Å²) in [6.45, 7) is 0.817. The molecule has 0 radical (unpaired) electrons. The molecule has 0 aliphatic carbocycles. The number of hydrogen-bond donors (Lipinski definition) is 1. The lowest BCUT2D eigenvalue weighted by molar-refractivity contribution is -0.124. The lowest BCUT2D eigenvalue weighted by Gasteiger charge is -2.19. The largest absolute Gasteiger partial charge is 0.497 e. The molecule has 0 fully saturated rings. The first kappa shape index (κ1) is 19.8. The van der Waals surface area contributed by atoms with E-state index in [2.05, 4.69) is 5.32 Å². The van der Waals surface area contributed by atoms with Crippen molar-refractivity contribution in [2.75, 3.05) is 33.5 Å². The number of hydrogen-bond acceptors (Lipinski definition) is 6. The SMILES string of the molecule is COc1ccc(CCNC(=O)COC(=O)c2cc(Cl)c3c(c2)OCCO3)cc1. The number of esters is 1. The molecular weight excluding hydrogens is 386 g/mol. The van der Waals surface area contributed by atoms with Gasteiger partial charge in [-0.25, -0.2) is 4.79 Å². The average Bonchev–Trinajstić information content (AvgIpc) is 2.72. The van der Waals surface area contributed by atoms with Gasteiger partial charge in [0.2, 0.25) is 0 Å². The van der Waals surface area contributed by atoms with E-state index in [4.69, 9.17) is 30.5 Å². The van der Waals surface area contributed by atoms with Crippen LogP contribution in [0, 0.1) is 0 Å². The second-order valence-corrected chi connectivity index (χ2v) is 6.41. The average molecular weight is 406 g/mol. The Hall–Kier alpha value is -2.93. The van der Waals surface area contributed by atoms with Crippen LogP contribution >= 0.6 is 11.6 Å². The fourth-order valence-electron chi connectivity index (χ4n) is 2.63. The van der Waals surface area contributed by atoms with Crippen molar-refractivity contribution in [2.24, 2.45) is 0 Å². The summed E-state index contributed by atoms with van der Waals surface area (Å²) in [7, 11) is 1.61. The van der Waals surface area contributed by atoms with Gasteiger partial charge < -0.3 is 24.3 Å². The van der Waals surface area contributed by atoms with E-state index in [1.807, 2.05) is 24.3 Å². The number of carbonyl (C=O) groups is 2. The van der Waals surface area contributed by atoms with Crippen molar-refractivity contribution in [1.29, 1.82) is 0 Å². The van der Waals surface area contributed by atoms with Crippen LogP contribution < -0.4 is 19.5 Å². The maximum absolute atomic E-state index is 12.2. The molecule has 28 heavy (non-hydrogen) atoms. The topological polar surface area (TPSA) is 83.1 Å². The molecule has 8 heteroatoms. The molecule has 3 rings (SSSR count). The van der Waals surface area contributed by atoms with Gasteiger partial charge in [0.05, 0.1) is 17.7 Å². The van der Waals surface area contributed by atoms with Crippen molar-refractivity contribution in [3.05, 3.63) is 52.5 Å². The molecular formula is C20H20ClNO6. The van der Waals surface area contributed by atoms with Crippen LogP contribution in [0.4, 0.5) is 0 Å². The van der Waals surface area contributed by atoms with Crippen molar-refractivity contribution in [3.8, 4) is 17.2 Å². The summed E-state index contributed by atoms with van der Waals surface area (Å²) in [4.78, 5) is 24.1. The number of amides is 1. The number of carbonyl (C=O) groups excluding carboxylic acids is 2. The Balaban J connectivity index is 1.45. The van der Waals surface area contributed by atoms with Gasteiger partial charge >= 0.3 is 5.97 Å². The van der Waals surface area contributed by atoms with Gasteiger partial charge in [-0.05, 0) is 36.2 Å². The van der Waals surface area contributed by atoms with Gasteiger partial charge in [-0.3, -0.25) is 4.79 Å². The lowest BCUT2D eigenvalue weighted by atomic mass is 10.1. The zero-order valence-electron chi connectivity index (χ0n) is 15.3. The first-order valence-electron chi connectivity index (χ1n) is 8.72. The number of fused-ring (bicyclic) bond motifs is 1. The van der Waals surface area contributed by atoms with E-state index in [1.54, 1.807) is 7.11 Å². The first-order chi connectivity index (χ1) is 13.6. The van der Waals surface area contributed by atoms with Crippen molar-refractivity contribution < 1.29 is 28.5 Å². The number of benzene rings is 2. The Bertz CT molecular complexity index is 853. The van der Waals surface area contributed by atoms with Gasteiger partial charge in [-0.15, -0.1) is 0 Å². The van der Waals surface area contributed by atoms with Crippen molar-refractivity contribution in [1.82, 2.24) is 5.32 Å². The quantitative estimate of drug-likeness (QED) is 0.713. The van der Waals surface area contributed by atoms with E-state index in [1.165, 1.54) is 12.1 Å². The number of rotatable bonds is 7. The number of nitrogens with one attached hydrogen (secondary N) is 1. The number of methoxy groups -OCH3 is 1. The van der Waals surface area contributed by atoms with Gasteiger partial charge in [0, 0.05) is 6.54 Å². The lowest BCUT2D eigenvalue weighted by Crippen LogP contribution is -2.30. The molecule has 1 aliphatic heterocycles. The fraction of sp³-hybridized carbons (Fsp3) is 0.300. The molecule has 1 heterocycles. The highest BCUT2D eigenvalue weighted by atomic mass is 35.5. The minimum atomic E-state index is -0.663. The Morgan fingerprint density at radius 2 is 1.89 bits per heavy atom. The summed E-state index contributed by atoms with van der Waals surface area (Å²) in [5.41, 5.74) is 1.25. The van der Waals surface area contributed by atoms with E-state index in [0.717, 1.165) is 11.3 Å². The summed E-state index contributed by atoms with van der Waals surface area (Å²) in [5, 5.41) is 2.97. The minimum absolute atomic E-state index is 0.195. The van der Waals surface area contributed by atoms with Crippen LogP contribution in [0.1, 0.15) is 15.9 Å². The van der Waals surface area contributed by atoms with Gasteiger partial charge in [0.25, 0.3) is 5.91 Å². The van der Waals surface area contributed by atoms with E-state index in [9.17, 15) is 9.59 Å². The maximum atomic E-state index is 12.2. The molecule has 0 unspecified atom stereocenters. The summed E-state index contributed by atoms with van der Waals surface area (Å²) < 4.78 is 21.0. The normalized spacial score (nSPS) is 12.2. The molecule has 148 valence electrons. The second kappa shape index (κ2) is 9.32. The summed E-state index contributed by atoms with van der Waals surface area (Å²) in [6.07, 6.45) is 0.654. The van der Waals surface area contributed by atoms with Crippen molar-refractivity contribution in [3.63, 3.8) is 0 Å². The molecule has 0 spiro atoms. The maximum Gasteiger partial charge on any atom is 0.338 e. The monoisotopic (exact) mass is 405 g/mol. The van der Waals surface area contributed by atoms with Gasteiger partial charge in [-0.2, -0.15) is 0 Å². The highest BCUT2D eigenvalue weighted by Crippen LogP contribution is 2.38. The van der Waals surface area contributed by atoms with Crippen molar-refractivity contribution >= 4 is 23.5 Å². The molecule has 1 N–H and O–H groups in total. The van der Waals surface area contributed by atoms with Crippen LogP contribution in [0.5, 0.6) is 17.2 Å². The summed E-state index contributed by atoms with van der Waals surface area (Å²) in [5.74, 6) is 0.518. The second-order valence-electron chi connectivity index (χ2n) is 6.01. The fourth-order valence-corrected chi connectivity index (χ4v) is 2.90. The zero-order chi connectivity index (χ0) is 19.9. The molecule has 2 aromatic carbocycles. The predicted molar refractivity (Wildman–Crippen MR) is 102 cm³/mol. The molecule has 0 saturated heterocycles. The van der Waals surface area contributed by atoms with Gasteiger partial charge in [0.15, 0.2) is 18.1 Å². The third-order valence-electron chi connectivity index (χ3n) is 4.06. The van der Waals surface area contributed by atoms with Crippen LogP contribution in [0.25, 0.3) is 0 Å². The van der Waals surface area contributed by atoms with Crippen LogP contribution in [0.3, 0.4) is 0 Å². The number of ether oxygens (including phenoxy) is 4. The van der Waals surface area contributed by atoms with Crippen molar-refractivity contribution in [2.45, 2.75) is 6.42 Å². The number of halogens is 1. The van der Waals surface area contributed by atoms with Crippen LogP contribution in [-0.2, 0) is 16.0 Å². The van der Waals surface area contributed by atoms with E-state index in [-0.39, 0.29) is 23.1 Å². The highest BCUT2D eigenvalue weighted by Gasteiger charge is 2.20. The Kier molecular flexibility index (Phi) is 6.60. The predicted octanol–water partition coefficient (Wildman–Crippen LogP) is 2.64. The highest BCUT2D eigenvalue weighted by molar-refractivity contribution is 6.32. The first-order valence-corrected chi connectivity index (χ1v) is 9.10. The molecule has 1 amide bonds. The Labute approximate surface area is 167 Å². The molecule has 0 saturated carbocycles. The Morgan fingerprint density at radius 3 is 2.64 bits per heavy atom. The zero-order valence-corrected chi connectivity index (χ0v) is 16.1. The standard InChI is InChI=1S/C20H20ClNO6/c1-25-15-4-2-13(3-5-15)6-7-22-18(23)12-28-20(24)14-10-16(21)19-17(11-14)26-8-9-27-19/h2-5,10-11H,6-9,12H2,1H3,(H,22,23). The molecule has 7 nitrogen and oxygen atoms in total. The summed E-state index contributed by atoms with van der Waals surface area (Å²) >= 11 is 6.10. The van der Waals surface area contributed by atoms with Crippen LogP contribution in [0.15, 0.2) is 36.4 Å². The minimum Gasteiger partial charge on any atom is -0.497 e.